The summed E-state index contributed by atoms with van der Waals surface area (Å²) in [5, 5.41) is 7.04. The van der Waals surface area contributed by atoms with Crippen LogP contribution >= 0.6 is 11.6 Å². The minimum Gasteiger partial charge on any atom is -0.354 e. The first-order valence-electron chi connectivity index (χ1n) is 9.97. The number of hydrogen-bond donors (Lipinski definition) is 1. The molecular formula is C26H24ClN. The molecule has 28 heavy (non-hydrogen) atoms. The maximum absolute atomic E-state index is 6.34. The van der Waals surface area contributed by atoms with E-state index in [9.17, 15) is 0 Å². The van der Waals surface area contributed by atoms with Crippen molar-refractivity contribution in [1.29, 1.82) is 0 Å². The minimum absolute atomic E-state index is 0.0322. The van der Waals surface area contributed by atoms with Gasteiger partial charge in [0.25, 0.3) is 0 Å². The lowest BCUT2D eigenvalue weighted by Crippen LogP contribution is -2.36. The summed E-state index contributed by atoms with van der Waals surface area (Å²) in [7, 11) is 0. The van der Waals surface area contributed by atoms with Gasteiger partial charge in [0, 0.05) is 11.1 Å². The Labute approximate surface area is 171 Å². The van der Waals surface area contributed by atoms with Crippen LogP contribution in [0.2, 0.25) is 5.02 Å². The molecule has 2 aliphatic carbocycles. The molecule has 1 unspecified atom stereocenters. The van der Waals surface area contributed by atoms with Crippen LogP contribution < -0.4 is 15.8 Å². The number of nitrogens with one attached hydrogen (secondary N) is 1. The van der Waals surface area contributed by atoms with E-state index in [0.717, 1.165) is 22.8 Å². The summed E-state index contributed by atoms with van der Waals surface area (Å²) in [6.07, 6.45) is 5.99. The second kappa shape index (κ2) is 6.25. The number of rotatable bonds is 2. The quantitative estimate of drug-likeness (QED) is 0.571. The third kappa shape index (κ3) is 2.61. The number of halogens is 1. The Balaban J connectivity index is 1.66. The monoisotopic (exact) mass is 385 g/mol. The van der Waals surface area contributed by atoms with Crippen LogP contribution in [0.25, 0.3) is 23.3 Å². The fraction of sp³-hybridized carbons (Fsp3) is 0.231. The fourth-order valence-electron chi connectivity index (χ4n) is 4.78. The summed E-state index contributed by atoms with van der Waals surface area (Å²) in [5.74, 6) is 0.593. The number of hydrogen-bond acceptors (Lipinski definition) is 1. The van der Waals surface area contributed by atoms with Crippen molar-refractivity contribution < 1.29 is 0 Å². The molecule has 0 heterocycles. The molecule has 0 aromatic heterocycles. The molecule has 0 aliphatic heterocycles. The van der Waals surface area contributed by atoms with Crippen molar-refractivity contribution in [3.05, 3.63) is 81.2 Å². The predicted molar refractivity (Wildman–Crippen MR) is 121 cm³/mol. The van der Waals surface area contributed by atoms with Crippen LogP contribution in [-0.4, -0.2) is 0 Å². The van der Waals surface area contributed by atoms with Crippen LogP contribution in [0.1, 0.15) is 38.3 Å². The first kappa shape index (κ1) is 17.6. The largest absolute Gasteiger partial charge is 0.354 e. The van der Waals surface area contributed by atoms with Crippen molar-refractivity contribution in [3.63, 3.8) is 0 Å². The van der Waals surface area contributed by atoms with Crippen molar-refractivity contribution in [2.24, 2.45) is 5.92 Å². The Kier molecular flexibility index (Phi) is 3.93. The van der Waals surface area contributed by atoms with E-state index in [1.165, 1.54) is 32.7 Å². The molecule has 0 saturated heterocycles. The molecule has 3 aromatic carbocycles. The van der Waals surface area contributed by atoms with Crippen LogP contribution in [-0.2, 0) is 5.41 Å². The molecule has 0 fully saturated rings. The van der Waals surface area contributed by atoms with Crippen molar-refractivity contribution in [1.82, 2.24) is 0 Å². The normalized spacial score (nSPS) is 18.4. The van der Waals surface area contributed by atoms with Gasteiger partial charge in [0.15, 0.2) is 0 Å². The molecular weight excluding hydrogens is 362 g/mol. The van der Waals surface area contributed by atoms with Gasteiger partial charge in [0.05, 0.1) is 10.7 Å². The van der Waals surface area contributed by atoms with E-state index >= 15 is 0 Å². The number of anilines is 2. The summed E-state index contributed by atoms with van der Waals surface area (Å²) in [6.45, 7) is 7.01. The standard InChI is InChI=1S/C26H24ClN/c1-16-8-9-17-10-12-20-19-13-11-18(28-24-7-5-4-6-23(24)27)15-22(19)26(2,3)25(20)21(17)14-16/h4-7,9-16,28H,8H2,1-3H3. The average Bonchev–Trinajstić information content (AvgIpc) is 2.91. The zero-order valence-electron chi connectivity index (χ0n) is 16.5. The summed E-state index contributed by atoms with van der Waals surface area (Å²) in [4.78, 5) is 0. The van der Waals surface area contributed by atoms with Gasteiger partial charge in [-0.15, -0.1) is 0 Å². The molecule has 0 bridgehead atoms. The highest BCUT2D eigenvalue weighted by Gasteiger charge is 2.36. The topological polar surface area (TPSA) is 12.0 Å². The highest BCUT2D eigenvalue weighted by atomic mass is 35.5. The van der Waals surface area contributed by atoms with Crippen LogP contribution in [0.5, 0.6) is 0 Å². The van der Waals surface area contributed by atoms with Crippen molar-refractivity contribution in [3.8, 4) is 11.1 Å². The Morgan fingerprint density at radius 1 is 1.00 bits per heavy atom. The van der Waals surface area contributed by atoms with Gasteiger partial charge in [-0.05, 0) is 69.3 Å². The minimum atomic E-state index is -0.0322. The molecule has 1 nitrogen and oxygen atoms in total. The molecule has 0 radical (unpaired) electrons. The summed E-state index contributed by atoms with van der Waals surface area (Å²) < 4.78 is 0. The summed E-state index contributed by atoms with van der Waals surface area (Å²) >= 11 is 6.34. The van der Waals surface area contributed by atoms with E-state index in [2.05, 4.69) is 68.6 Å². The highest BCUT2D eigenvalue weighted by molar-refractivity contribution is 6.33. The van der Waals surface area contributed by atoms with Crippen LogP contribution in [0.15, 0.2) is 54.6 Å². The lowest BCUT2D eigenvalue weighted by Gasteiger charge is -2.24. The zero-order chi connectivity index (χ0) is 19.5. The van der Waals surface area contributed by atoms with E-state index in [4.69, 9.17) is 11.6 Å². The lowest BCUT2D eigenvalue weighted by molar-refractivity contribution is 0.652. The molecule has 140 valence electrons. The van der Waals surface area contributed by atoms with Crippen LogP contribution in [0.3, 0.4) is 0 Å². The maximum Gasteiger partial charge on any atom is 0.0640 e. The Morgan fingerprint density at radius 2 is 1.79 bits per heavy atom. The summed E-state index contributed by atoms with van der Waals surface area (Å²) in [5.41, 5.74) is 7.55. The van der Waals surface area contributed by atoms with Crippen LogP contribution in [0.4, 0.5) is 11.4 Å². The molecule has 0 spiro atoms. The first-order chi connectivity index (χ1) is 13.4. The molecule has 3 aromatic rings. The third-order valence-electron chi connectivity index (χ3n) is 6.20. The van der Waals surface area contributed by atoms with Crippen molar-refractivity contribution in [2.45, 2.75) is 32.6 Å². The maximum atomic E-state index is 6.34. The highest BCUT2D eigenvalue weighted by Crippen LogP contribution is 2.48. The molecule has 5 rings (SSSR count). The van der Waals surface area contributed by atoms with E-state index in [0.29, 0.717) is 5.92 Å². The molecule has 0 saturated carbocycles. The van der Waals surface area contributed by atoms with Crippen molar-refractivity contribution in [2.75, 3.05) is 5.32 Å². The number of fused-ring (bicyclic) bond motifs is 5. The van der Waals surface area contributed by atoms with Gasteiger partial charge in [-0.1, -0.05) is 74.9 Å². The van der Waals surface area contributed by atoms with Gasteiger partial charge in [0.2, 0.25) is 0 Å². The predicted octanol–water partition coefficient (Wildman–Crippen LogP) is 5.99. The Hall–Kier alpha value is -2.51. The average molecular weight is 386 g/mol. The second-order valence-electron chi connectivity index (χ2n) is 8.57. The third-order valence-corrected chi connectivity index (χ3v) is 6.53. The fourth-order valence-corrected chi connectivity index (χ4v) is 4.97. The smallest absolute Gasteiger partial charge is 0.0640 e. The molecule has 1 N–H and O–H groups in total. The van der Waals surface area contributed by atoms with Gasteiger partial charge in [-0.2, -0.15) is 0 Å². The van der Waals surface area contributed by atoms with Gasteiger partial charge in [-0.3, -0.25) is 0 Å². The van der Waals surface area contributed by atoms with Gasteiger partial charge >= 0.3 is 0 Å². The molecule has 2 heteroatoms. The molecule has 0 amide bonds. The van der Waals surface area contributed by atoms with Gasteiger partial charge in [0.1, 0.15) is 0 Å². The van der Waals surface area contributed by atoms with Gasteiger partial charge in [-0.25, -0.2) is 0 Å². The Morgan fingerprint density at radius 3 is 2.61 bits per heavy atom. The molecule has 1 atom stereocenters. The van der Waals surface area contributed by atoms with Crippen LogP contribution in [0, 0.1) is 5.92 Å². The van der Waals surface area contributed by atoms with Crippen molar-refractivity contribution >= 4 is 35.1 Å². The lowest BCUT2D eigenvalue weighted by atomic mass is 9.80. The van der Waals surface area contributed by atoms with E-state index in [-0.39, 0.29) is 5.41 Å². The number of benzene rings is 3. The Bertz CT molecular complexity index is 1220. The van der Waals surface area contributed by atoms with E-state index < -0.39 is 0 Å². The first-order valence-corrected chi connectivity index (χ1v) is 10.3. The SMILES string of the molecule is CC1C=c2c3c(ccc2=CC1)-c1ccc(Nc2ccccc2Cl)cc1C3(C)C. The van der Waals surface area contributed by atoms with Gasteiger partial charge < -0.3 is 5.32 Å². The molecule has 2 aliphatic rings. The van der Waals surface area contributed by atoms with E-state index in [1.807, 2.05) is 24.3 Å². The zero-order valence-corrected chi connectivity index (χ0v) is 17.3. The summed E-state index contributed by atoms with van der Waals surface area (Å²) in [6, 6.07) is 19.2. The van der Waals surface area contributed by atoms with E-state index in [1.54, 1.807) is 0 Å². The number of para-hydroxylation sites is 1. The second-order valence-corrected chi connectivity index (χ2v) is 8.97.